The fourth-order valence-electron chi connectivity index (χ4n) is 1.87. The van der Waals surface area contributed by atoms with Crippen LogP contribution in [0.25, 0.3) is 0 Å². The number of aryl methyl sites for hydroxylation is 1. The molecule has 1 fully saturated rings. The molecule has 0 aromatic heterocycles. The number of nitrogens with one attached hydrogen (secondary N) is 1. The molecule has 0 radical (unpaired) electrons. The van der Waals surface area contributed by atoms with Crippen LogP contribution >= 0.6 is 11.6 Å². The number of amides is 1. The van der Waals surface area contributed by atoms with Gasteiger partial charge in [-0.25, -0.2) is 0 Å². The number of carbonyl (C=O) groups is 1. The maximum atomic E-state index is 12.0. The predicted octanol–water partition coefficient (Wildman–Crippen LogP) is 3.01. The summed E-state index contributed by atoms with van der Waals surface area (Å²) in [5.74, 6) is 0.122. The van der Waals surface area contributed by atoms with E-state index in [9.17, 15) is 4.79 Å². The van der Waals surface area contributed by atoms with Crippen molar-refractivity contribution in [2.75, 3.05) is 18.5 Å². The first kappa shape index (κ1) is 12.4. The molecule has 0 bridgehead atoms. The number of ether oxygens (including phenoxy) is 1. The fourth-order valence-corrected chi connectivity index (χ4v) is 2.06. The van der Waals surface area contributed by atoms with E-state index in [4.69, 9.17) is 16.3 Å². The second-order valence-electron chi connectivity index (χ2n) is 4.34. The highest BCUT2D eigenvalue weighted by Gasteiger charge is 2.21. The van der Waals surface area contributed by atoms with Gasteiger partial charge in [0, 0.05) is 29.8 Å². The summed E-state index contributed by atoms with van der Waals surface area (Å²) in [5, 5.41) is 3.58. The summed E-state index contributed by atoms with van der Waals surface area (Å²) in [6.07, 6.45) is 1.59. The molecule has 1 aliphatic heterocycles. The second-order valence-corrected chi connectivity index (χ2v) is 4.75. The molecule has 2 rings (SSSR count). The second kappa shape index (κ2) is 5.52. The lowest BCUT2D eigenvalue weighted by atomic mass is 9.99. The molecular formula is C13H16ClNO2. The highest BCUT2D eigenvalue weighted by molar-refractivity contribution is 6.31. The quantitative estimate of drug-likeness (QED) is 0.880. The summed E-state index contributed by atoms with van der Waals surface area (Å²) in [7, 11) is 0. The summed E-state index contributed by atoms with van der Waals surface area (Å²) in [5.41, 5.74) is 1.77. The van der Waals surface area contributed by atoms with Crippen LogP contribution in [-0.4, -0.2) is 19.1 Å². The van der Waals surface area contributed by atoms with Crippen LogP contribution in [0.3, 0.4) is 0 Å². The molecule has 1 amide bonds. The fraction of sp³-hybridized carbons (Fsp3) is 0.462. The molecule has 0 saturated carbocycles. The van der Waals surface area contributed by atoms with Crippen LogP contribution in [0.4, 0.5) is 5.69 Å². The van der Waals surface area contributed by atoms with E-state index in [0.29, 0.717) is 18.2 Å². The summed E-state index contributed by atoms with van der Waals surface area (Å²) in [4.78, 5) is 12.0. The van der Waals surface area contributed by atoms with E-state index in [2.05, 4.69) is 5.32 Å². The van der Waals surface area contributed by atoms with E-state index in [1.807, 2.05) is 19.1 Å². The minimum atomic E-state index is 0.0591. The molecule has 1 aliphatic rings. The van der Waals surface area contributed by atoms with Gasteiger partial charge >= 0.3 is 0 Å². The third-order valence-corrected chi connectivity index (χ3v) is 3.44. The number of hydrogen-bond acceptors (Lipinski definition) is 2. The topological polar surface area (TPSA) is 38.3 Å². The third kappa shape index (κ3) is 3.20. The summed E-state index contributed by atoms with van der Waals surface area (Å²) in [6, 6.07) is 5.56. The molecule has 4 heteroatoms. The molecule has 17 heavy (non-hydrogen) atoms. The summed E-state index contributed by atoms with van der Waals surface area (Å²) in [6.45, 7) is 3.28. The number of rotatable bonds is 2. The lowest BCUT2D eigenvalue weighted by molar-refractivity contribution is -0.122. The maximum absolute atomic E-state index is 12.0. The Hall–Kier alpha value is -1.06. The highest BCUT2D eigenvalue weighted by Crippen LogP contribution is 2.22. The lowest BCUT2D eigenvalue weighted by Gasteiger charge is -2.21. The van der Waals surface area contributed by atoms with Gasteiger partial charge in [0.05, 0.1) is 0 Å². The van der Waals surface area contributed by atoms with Gasteiger partial charge in [0.25, 0.3) is 0 Å². The molecule has 1 aromatic rings. The minimum absolute atomic E-state index is 0.0591. The van der Waals surface area contributed by atoms with Gasteiger partial charge in [-0.1, -0.05) is 17.7 Å². The Bertz CT molecular complexity index is 414. The average molecular weight is 254 g/mol. The Kier molecular flexibility index (Phi) is 4.02. The van der Waals surface area contributed by atoms with E-state index < -0.39 is 0 Å². The molecule has 1 heterocycles. The standard InChI is InChI=1S/C13H16ClNO2/c1-9-2-3-11(8-12(9)14)15-13(16)10-4-6-17-7-5-10/h2-3,8,10H,4-7H2,1H3,(H,15,16). The van der Waals surface area contributed by atoms with E-state index in [1.165, 1.54) is 0 Å². The van der Waals surface area contributed by atoms with Crippen LogP contribution < -0.4 is 5.32 Å². The zero-order chi connectivity index (χ0) is 12.3. The molecule has 0 aliphatic carbocycles. The van der Waals surface area contributed by atoms with Gasteiger partial charge in [-0.05, 0) is 37.5 Å². The largest absolute Gasteiger partial charge is 0.381 e. The van der Waals surface area contributed by atoms with Crippen LogP contribution in [0, 0.1) is 12.8 Å². The van der Waals surface area contributed by atoms with E-state index in [-0.39, 0.29) is 11.8 Å². The predicted molar refractivity (Wildman–Crippen MR) is 68.4 cm³/mol. The third-order valence-electron chi connectivity index (χ3n) is 3.03. The average Bonchev–Trinajstić information content (AvgIpc) is 2.35. The van der Waals surface area contributed by atoms with Gasteiger partial charge in [0.15, 0.2) is 0 Å². The normalized spacial score (nSPS) is 16.8. The van der Waals surface area contributed by atoms with Gasteiger partial charge < -0.3 is 10.1 Å². The Labute approximate surface area is 106 Å². The van der Waals surface area contributed by atoms with Gasteiger partial charge in [-0.3, -0.25) is 4.79 Å². The Morgan fingerprint density at radius 1 is 1.41 bits per heavy atom. The first-order valence-electron chi connectivity index (χ1n) is 5.81. The minimum Gasteiger partial charge on any atom is -0.381 e. The Balaban J connectivity index is 1.99. The Morgan fingerprint density at radius 3 is 2.76 bits per heavy atom. The smallest absolute Gasteiger partial charge is 0.227 e. The molecule has 1 aromatic carbocycles. The van der Waals surface area contributed by atoms with E-state index in [1.54, 1.807) is 6.07 Å². The number of halogens is 1. The maximum Gasteiger partial charge on any atom is 0.227 e. The molecule has 0 spiro atoms. The molecular weight excluding hydrogens is 238 g/mol. The van der Waals surface area contributed by atoms with E-state index in [0.717, 1.165) is 24.1 Å². The van der Waals surface area contributed by atoms with Crippen molar-refractivity contribution in [2.24, 2.45) is 5.92 Å². The molecule has 1 saturated heterocycles. The van der Waals surface area contributed by atoms with Gasteiger partial charge in [-0.15, -0.1) is 0 Å². The van der Waals surface area contributed by atoms with Crippen LogP contribution in [0.15, 0.2) is 18.2 Å². The van der Waals surface area contributed by atoms with Crippen LogP contribution in [0.5, 0.6) is 0 Å². The monoisotopic (exact) mass is 253 g/mol. The van der Waals surface area contributed by atoms with Gasteiger partial charge in [0.1, 0.15) is 0 Å². The molecule has 1 N–H and O–H groups in total. The van der Waals surface area contributed by atoms with Crippen molar-refractivity contribution < 1.29 is 9.53 Å². The zero-order valence-electron chi connectivity index (χ0n) is 9.83. The zero-order valence-corrected chi connectivity index (χ0v) is 10.6. The van der Waals surface area contributed by atoms with Crippen molar-refractivity contribution in [1.29, 1.82) is 0 Å². The number of benzene rings is 1. The van der Waals surface area contributed by atoms with Gasteiger partial charge in [-0.2, -0.15) is 0 Å². The van der Waals surface area contributed by atoms with Crippen LogP contribution in [0.2, 0.25) is 5.02 Å². The van der Waals surface area contributed by atoms with Gasteiger partial charge in [0.2, 0.25) is 5.91 Å². The lowest BCUT2D eigenvalue weighted by Crippen LogP contribution is -2.28. The van der Waals surface area contributed by atoms with Crippen LogP contribution in [-0.2, 0) is 9.53 Å². The number of anilines is 1. The highest BCUT2D eigenvalue weighted by atomic mass is 35.5. The number of hydrogen-bond donors (Lipinski definition) is 1. The van der Waals surface area contributed by atoms with Crippen molar-refractivity contribution in [1.82, 2.24) is 0 Å². The molecule has 0 unspecified atom stereocenters. The van der Waals surface area contributed by atoms with Crippen molar-refractivity contribution in [2.45, 2.75) is 19.8 Å². The first-order chi connectivity index (χ1) is 8.16. The SMILES string of the molecule is Cc1ccc(NC(=O)C2CCOCC2)cc1Cl. The van der Waals surface area contributed by atoms with Crippen molar-refractivity contribution in [3.8, 4) is 0 Å². The van der Waals surface area contributed by atoms with Crippen molar-refractivity contribution in [3.63, 3.8) is 0 Å². The number of carbonyl (C=O) groups excluding carboxylic acids is 1. The van der Waals surface area contributed by atoms with E-state index >= 15 is 0 Å². The van der Waals surface area contributed by atoms with Crippen molar-refractivity contribution in [3.05, 3.63) is 28.8 Å². The Morgan fingerprint density at radius 2 is 2.12 bits per heavy atom. The van der Waals surface area contributed by atoms with Crippen LogP contribution in [0.1, 0.15) is 18.4 Å². The molecule has 3 nitrogen and oxygen atoms in total. The summed E-state index contributed by atoms with van der Waals surface area (Å²) < 4.78 is 5.23. The molecule has 92 valence electrons. The first-order valence-corrected chi connectivity index (χ1v) is 6.19. The summed E-state index contributed by atoms with van der Waals surface area (Å²) >= 11 is 6.01. The van der Waals surface area contributed by atoms with Crippen molar-refractivity contribution >= 4 is 23.2 Å². The molecule has 0 atom stereocenters.